The minimum absolute atomic E-state index is 0.654. The normalized spacial score (nSPS) is 24.2. The highest BCUT2D eigenvalue weighted by atomic mass is 32.2. The van der Waals surface area contributed by atoms with Crippen LogP contribution in [0.1, 0.15) is 38.2 Å². The lowest BCUT2D eigenvalue weighted by atomic mass is 9.91. The number of rotatable bonds is 4. The van der Waals surface area contributed by atoms with Crippen molar-refractivity contribution in [2.45, 2.75) is 54.2 Å². The molecule has 0 amide bonds. The second-order valence-electron chi connectivity index (χ2n) is 5.15. The maximum Gasteiger partial charge on any atom is 0.0200 e. The highest BCUT2D eigenvalue weighted by Gasteiger charge is 2.21. The summed E-state index contributed by atoms with van der Waals surface area (Å²) in [6.07, 6.45) is 7.65. The molecule has 1 fully saturated rings. The third-order valence-corrected chi connectivity index (χ3v) is 5.92. The van der Waals surface area contributed by atoms with Crippen LogP contribution in [0.15, 0.2) is 28.0 Å². The molecule has 1 aliphatic carbocycles. The van der Waals surface area contributed by atoms with Gasteiger partial charge in [0.05, 0.1) is 0 Å². The molecule has 0 bridgehead atoms. The SMILES string of the molecule is CSc1cccc(SC2CCCC(C)C2)c1CN. The van der Waals surface area contributed by atoms with Crippen molar-refractivity contribution in [2.24, 2.45) is 11.7 Å². The summed E-state index contributed by atoms with van der Waals surface area (Å²) in [6, 6.07) is 6.59. The number of hydrogen-bond acceptors (Lipinski definition) is 3. The van der Waals surface area contributed by atoms with E-state index >= 15 is 0 Å². The Kier molecular flexibility index (Phi) is 5.46. The third kappa shape index (κ3) is 3.46. The Morgan fingerprint density at radius 3 is 2.72 bits per heavy atom. The zero-order valence-corrected chi connectivity index (χ0v) is 12.9. The Morgan fingerprint density at radius 1 is 1.28 bits per heavy atom. The van der Waals surface area contributed by atoms with Gasteiger partial charge in [0.1, 0.15) is 0 Å². The lowest BCUT2D eigenvalue weighted by Crippen LogP contribution is -2.15. The van der Waals surface area contributed by atoms with E-state index in [4.69, 9.17) is 5.73 Å². The zero-order valence-electron chi connectivity index (χ0n) is 11.3. The first kappa shape index (κ1) is 14.3. The van der Waals surface area contributed by atoms with Gasteiger partial charge < -0.3 is 5.73 Å². The van der Waals surface area contributed by atoms with Gasteiger partial charge in [0.15, 0.2) is 0 Å². The van der Waals surface area contributed by atoms with E-state index in [1.54, 1.807) is 11.8 Å². The van der Waals surface area contributed by atoms with Crippen molar-refractivity contribution < 1.29 is 0 Å². The van der Waals surface area contributed by atoms with E-state index in [0.717, 1.165) is 11.2 Å². The molecular formula is C15H23NS2. The van der Waals surface area contributed by atoms with E-state index < -0.39 is 0 Å². The van der Waals surface area contributed by atoms with Gasteiger partial charge in [-0.2, -0.15) is 0 Å². The molecule has 0 spiro atoms. The zero-order chi connectivity index (χ0) is 13.0. The number of nitrogens with two attached hydrogens (primary N) is 1. The van der Waals surface area contributed by atoms with E-state index in [-0.39, 0.29) is 0 Å². The van der Waals surface area contributed by atoms with Crippen LogP contribution < -0.4 is 5.73 Å². The molecule has 0 radical (unpaired) electrons. The van der Waals surface area contributed by atoms with Gasteiger partial charge in [-0.05, 0) is 42.7 Å². The van der Waals surface area contributed by atoms with Crippen molar-refractivity contribution >= 4 is 23.5 Å². The standard InChI is InChI=1S/C15H23NS2/c1-11-5-3-6-12(9-11)18-15-8-4-7-14(17-2)13(15)10-16/h4,7-8,11-12H,3,5-6,9-10,16H2,1-2H3. The third-order valence-electron chi connectivity index (χ3n) is 3.70. The van der Waals surface area contributed by atoms with E-state index in [9.17, 15) is 0 Å². The van der Waals surface area contributed by atoms with Crippen LogP contribution in [-0.2, 0) is 6.54 Å². The largest absolute Gasteiger partial charge is 0.326 e. The molecule has 0 saturated heterocycles. The molecule has 2 rings (SSSR count). The maximum atomic E-state index is 5.93. The molecule has 2 unspecified atom stereocenters. The molecule has 100 valence electrons. The first-order valence-electron chi connectivity index (χ1n) is 6.77. The van der Waals surface area contributed by atoms with Crippen molar-refractivity contribution in [3.05, 3.63) is 23.8 Å². The van der Waals surface area contributed by atoms with Gasteiger partial charge in [0.25, 0.3) is 0 Å². The summed E-state index contributed by atoms with van der Waals surface area (Å²) >= 11 is 3.86. The molecular weight excluding hydrogens is 258 g/mol. The number of benzene rings is 1. The molecule has 1 saturated carbocycles. The Bertz CT molecular complexity index is 392. The summed E-state index contributed by atoms with van der Waals surface area (Å²) in [4.78, 5) is 2.75. The van der Waals surface area contributed by atoms with Crippen molar-refractivity contribution in [3.63, 3.8) is 0 Å². The smallest absolute Gasteiger partial charge is 0.0200 e. The van der Waals surface area contributed by atoms with E-state index in [0.29, 0.717) is 6.54 Å². The molecule has 1 aromatic rings. The van der Waals surface area contributed by atoms with E-state index in [1.807, 2.05) is 0 Å². The van der Waals surface area contributed by atoms with Gasteiger partial charge in [-0.1, -0.05) is 25.8 Å². The maximum absolute atomic E-state index is 5.93. The highest BCUT2D eigenvalue weighted by molar-refractivity contribution is 8.00. The molecule has 2 N–H and O–H groups in total. The Labute approximate surface area is 119 Å². The average molecular weight is 281 g/mol. The molecule has 3 heteroatoms. The summed E-state index contributed by atoms with van der Waals surface area (Å²) in [7, 11) is 0. The van der Waals surface area contributed by atoms with Gasteiger partial charge in [-0.25, -0.2) is 0 Å². The molecule has 1 nitrogen and oxygen atoms in total. The monoisotopic (exact) mass is 281 g/mol. The highest BCUT2D eigenvalue weighted by Crippen LogP contribution is 2.39. The Hall–Kier alpha value is -0.120. The number of hydrogen-bond donors (Lipinski definition) is 1. The lowest BCUT2D eigenvalue weighted by molar-refractivity contribution is 0.394. The Balaban J connectivity index is 2.12. The summed E-state index contributed by atoms with van der Waals surface area (Å²) in [5.74, 6) is 0.890. The van der Waals surface area contributed by atoms with E-state index in [1.165, 1.54) is 41.0 Å². The van der Waals surface area contributed by atoms with Gasteiger partial charge in [0.2, 0.25) is 0 Å². The van der Waals surface area contributed by atoms with Crippen LogP contribution in [0.2, 0.25) is 0 Å². The van der Waals surface area contributed by atoms with Crippen LogP contribution in [0.3, 0.4) is 0 Å². The minimum atomic E-state index is 0.654. The van der Waals surface area contributed by atoms with Crippen LogP contribution >= 0.6 is 23.5 Å². The first-order valence-corrected chi connectivity index (χ1v) is 8.87. The summed E-state index contributed by atoms with van der Waals surface area (Å²) in [5, 5.41) is 0.788. The van der Waals surface area contributed by atoms with Gasteiger partial charge >= 0.3 is 0 Å². The van der Waals surface area contributed by atoms with Crippen molar-refractivity contribution in [3.8, 4) is 0 Å². The summed E-state index contributed by atoms with van der Waals surface area (Å²) in [5.41, 5.74) is 7.27. The fourth-order valence-corrected chi connectivity index (χ4v) is 4.99. The topological polar surface area (TPSA) is 26.0 Å². The van der Waals surface area contributed by atoms with Crippen LogP contribution in [0.4, 0.5) is 0 Å². The minimum Gasteiger partial charge on any atom is -0.326 e. The molecule has 18 heavy (non-hydrogen) atoms. The van der Waals surface area contributed by atoms with Crippen LogP contribution in [0.5, 0.6) is 0 Å². The summed E-state index contributed by atoms with van der Waals surface area (Å²) in [6.45, 7) is 3.04. The average Bonchev–Trinajstić information content (AvgIpc) is 2.38. The number of thioether (sulfide) groups is 2. The molecule has 2 atom stereocenters. The molecule has 0 aliphatic heterocycles. The van der Waals surface area contributed by atoms with E-state index in [2.05, 4.69) is 43.1 Å². The molecule has 0 aromatic heterocycles. The van der Waals surface area contributed by atoms with Crippen molar-refractivity contribution in [1.29, 1.82) is 0 Å². The first-order chi connectivity index (χ1) is 8.74. The van der Waals surface area contributed by atoms with Crippen LogP contribution in [0, 0.1) is 5.92 Å². The van der Waals surface area contributed by atoms with Crippen LogP contribution in [-0.4, -0.2) is 11.5 Å². The fourth-order valence-electron chi connectivity index (χ4n) is 2.71. The predicted octanol–water partition coefficient (Wildman–Crippen LogP) is 4.54. The second kappa shape index (κ2) is 6.88. The Morgan fingerprint density at radius 2 is 2.06 bits per heavy atom. The van der Waals surface area contributed by atoms with Gasteiger partial charge in [0, 0.05) is 21.6 Å². The molecule has 1 aromatic carbocycles. The van der Waals surface area contributed by atoms with Crippen molar-refractivity contribution in [1.82, 2.24) is 0 Å². The lowest BCUT2D eigenvalue weighted by Gasteiger charge is -2.27. The predicted molar refractivity (Wildman–Crippen MR) is 83.4 cm³/mol. The summed E-state index contributed by atoms with van der Waals surface area (Å²) < 4.78 is 0. The quantitative estimate of drug-likeness (QED) is 0.821. The fraction of sp³-hybridized carbons (Fsp3) is 0.600. The van der Waals surface area contributed by atoms with Crippen molar-refractivity contribution in [2.75, 3.05) is 6.26 Å². The second-order valence-corrected chi connectivity index (χ2v) is 7.34. The van der Waals surface area contributed by atoms with Gasteiger partial charge in [-0.15, -0.1) is 23.5 Å². The molecule has 0 heterocycles. The molecule has 1 aliphatic rings. The van der Waals surface area contributed by atoms with Gasteiger partial charge in [-0.3, -0.25) is 0 Å². The van der Waals surface area contributed by atoms with Crippen LogP contribution in [0.25, 0.3) is 0 Å².